The molecule has 2 atom stereocenters. The molecule has 0 bridgehead atoms. The molecule has 2 rings (SSSR count). The van der Waals surface area contributed by atoms with Crippen LogP contribution in [0.15, 0.2) is 0 Å². The minimum atomic E-state index is -0.159. The lowest BCUT2D eigenvalue weighted by Crippen LogP contribution is -2.36. The number of aliphatic hydroxyl groups is 1. The number of rotatable bonds is 5. The average molecular weight is 213 g/mol. The van der Waals surface area contributed by atoms with Gasteiger partial charge in [-0.1, -0.05) is 25.7 Å². The fourth-order valence-electron chi connectivity index (χ4n) is 2.71. The Morgan fingerprint density at radius 1 is 1.27 bits per heavy atom. The maximum atomic E-state index is 9.87. The largest absolute Gasteiger partial charge is 0.392 e. The maximum Gasteiger partial charge on any atom is 0.0667 e. The fraction of sp³-hybridized carbons (Fsp3) is 1.00. The van der Waals surface area contributed by atoms with Gasteiger partial charge < -0.3 is 15.2 Å². The smallest absolute Gasteiger partial charge is 0.0667 e. The minimum Gasteiger partial charge on any atom is -0.392 e. The third kappa shape index (κ3) is 3.74. The van der Waals surface area contributed by atoms with Crippen LogP contribution < -0.4 is 5.32 Å². The van der Waals surface area contributed by atoms with Gasteiger partial charge in [-0.15, -0.1) is 0 Å². The summed E-state index contributed by atoms with van der Waals surface area (Å²) in [5, 5.41) is 13.2. The summed E-state index contributed by atoms with van der Waals surface area (Å²) in [7, 11) is 0. The monoisotopic (exact) mass is 213 g/mol. The summed E-state index contributed by atoms with van der Waals surface area (Å²) in [6.45, 7) is 2.43. The molecule has 1 saturated heterocycles. The Kier molecular flexibility index (Phi) is 4.42. The highest BCUT2D eigenvalue weighted by molar-refractivity contribution is 4.76. The molecule has 2 unspecified atom stereocenters. The first-order valence-electron chi connectivity index (χ1n) is 6.34. The third-order valence-corrected chi connectivity index (χ3v) is 3.65. The summed E-state index contributed by atoms with van der Waals surface area (Å²) in [6.07, 6.45) is 7.29. The maximum absolute atomic E-state index is 9.87. The van der Waals surface area contributed by atoms with Gasteiger partial charge in [-0.2, -0.15) is 0 Å². The van der Waals surface area contributed by atoms with Crippen molar-refractivity contribution in [2.75, 3.05) is 19.8 Å². The van der Waals surface area contributed by atoms with Crippen LogP contribution in [0.4, 0.5) is 0 Å². The molecule has 0 aromatic heterocycles. The van der Waals surface area contributed by atoms with Gasteiger partial charge in [0, 0.05) is 19.2 Å². The molecule has 1 heterocycles. The first kappa shape index (κ1) is 11.4. The van der Waals surface area contributed by atoms with Gasteiger partial charge in [0.1, 0.15) is 0 Å². The van der Waals surface area contributed by atoms with Crippen molar-refractivity contribution in [1.82, 2.24) is 5.32 Å². The molecular weight excluding hydrogens is 190 g/mol. The number of aliphatic hydroxyl groups excluding tert-OH is 1. The van der Waals surface area contributed by atoms with Crippen molar-refractivity contribution in [2.24, 2.45) is 5.92 Å². The van der Waals surface area contributed by atoms with Crippen molar-refractivity contribution in [3.05, 3.63) is 0 Å². The van der Waals surface area contributed by atoms with Crippen molar-refractivity contribution in [2.45, 2.75) is 50.7 Å². The number of nitrogens with one attached hydrogen (secondary N) is 1. The normalized spacial score (nSPS) is 29.8. The zero-order valence-electron chi connectivity index (χ0n) is 9.45. The molecule has 1 saturated carbocycles. The second-order valence-corrected chi connectivity index (χ2v) is 5.01. The topological polar surface area (TPSA) is 41.5 Å². The summed E-state index contributed by atoms with van der Waals surface area (Å²) in [5.74, 6) is 0.779. The molecule has 3 nitrogen and oxygen atoms in total. The lowest BCUT2D eigenvalue weighted by Gasteiger charge is -2.18. The Bertz CT molecular complexity index is 174. The molecule has 2 fully saturated rings. The lowest BCUT2D eigenvalue weighted by atomic mass is 10.00. The van der Waals surface area contributed by atoms with E-state index in [0.717, 1.165) is 38.5 Å². The van der Waals surface area contributed by atoms with Crippen molar-refractivity contribution in [3.8, 4) is 0 Å². The van der Waals surface area contributed by atoms with Crippen LogP contribution in [0.2, 0.25) is 0 Å². The van der Waals surface area contributed by atoms with Crippen molar-refractivity contribution in [3.63, 3.8) is 0 Å². The molecule has 3 heteroatoms. The van der Waals surface area contributed by atoms with E-state index < -0.39 is 0 Å². The minimum absolute atomic E-state index is 0.159. The van der Waals surface area contributed by atoms with Gasteiger partial charge in [-0.25, -0.2) is 0 Å². The van der Waals surface area contributed by atoms with E-state index >= 15 is 0 Å². The van der Waals surface area contributed by atoms with E-state index in [4.69, 9.17) is 4.74 Å². The summed E-state index contributed by atoms with van der Waals surface area (Å²) < 4.78 is 5.28. The Hall–Kier alpha value is -0.120. The average Bonchev–Trinajstić information content (AvgIpc) is 2.86. The number of ether oxygens (including phenoxy) is 1. The van der Waals surface area contributed by atoms with Gasteiger partial charge in [-0.05, 0) is 18.8 Å². The van der Waals surface area contributed by atoms with E-state index in [0.29, 0.717) is 6.04 Å². The third-order valence-electron chi connectivity index (χ3n) is 3.65. The van der Waals surface area contributed by atoms with E-state index in [1.165, 1.54) is 25.7 Å². The SMILES string of the molecule is OC(CNC1CCOC1)CC1CCCC1. The molecule has 0 radical (unpaired) electrons. The van der Waals surface area contributed by atoms with Crippen LogP contribution in [-0.2, 0) is 4.74 Å². The van der Waals surface area contributed by atoms with Crippen LogP contribution in [0.5, 0.6) is 0 Å². The molecule has 2 aliphatic rings. The van der Waals surface area contributed by atoms with E-state index in [1.54, 1.807) is 0 Å². The van der Waals surface area contributed by atoms with Crippen LogP contribution in [0.25, 0.3) is 0 Å². The van der Waals surface area contributed by atoms with Crippen LogP contribution >= 0.6 is 0 Å². The predicted molar refractivity (Wildman–Crippen MR) is 59.8 cm³/mol. The van der Waals surface area contributed by atoms with E-state index in [-0.39, 0.29) is 6.10 Å². The Labute approximate surface area is 92.2 Å². The predicted octanol–water partition coefficient (Wildman–Crippen LogP) is 1.31. The van der Waals surface area contributed by atoms with Crippen LogP contribution in [0.3, 0.4) is 0 Å². The lowest BCUT2D eigenvalue weighted by molar-refractivity contribution is 0.133. The van der Waals surface area contributed by atoms with Crippen molar-refractivity contribution in [1.29, 1.82) is 0 Å². The van der Waals surface area contributed by atoms with Gasteiger partial charge in [0.2, 0.25) is 0 Å². The second-order valence-electron chi connectivity index (χ2n) is 5.01. The molecule has 88 valence electrons. The zero-order chi connectivity index (χ0) is 10.5. The van der Waals surface area contributed by atoms with Gasteiger partial charge >= 0.3 is 0 Å². The standard InChI is InChI=1S/C12H23NO2/c14-12(7-10-3-1-2-4-10)8-13-11-5-6-15-9-11/h10-14H,1-9H2. The summed E-state index contributed by atoms with van der Waals surface area (Å²) in [5.41, 5.74) is 0. The van der Waals surface area contributed by atoms with Gasteiger partial charge in [0.05, 0.1) is 12.7 Å². The van der Waals surface area contributed by atoms with Crippen LogP contribution in [-0.4, -0.2) is 37.0 Å². The Balaban J connectivity index is 1.57. The molecule has 0 amide bonds. The quantitative estimate of drug-likeness (QED) is 0.723. The number of hydrogen-bond donors (Lipinski definition) is 2. The second kappa shape index (κ2) is 5.83. The molecule has 1 aliphatic heterocycles. The highest BCUT2D eigenvalue weighted by Gasteiger charge is 2.20. The molecule has 0 aromatic carbocycles. The number of hydrogen-bond acceptors (Lipinski definition) is 3. The summed E-state index contributed by atoms with van der Waals surface area (Å²) >= 11 is 0. The Morgan fingerprint density at radius 2 is 2.07 bits per heavy atom. The molecule has 0 aromatic rings. The van der Waals surface area contributed by atoms with E-state index in [2.05, 4.69) is 5.32 Å². The van der Waals surface area contributed by atoms with Crippen molar-refractivity contribution >= 4 is 0 Å². The van der Waals surface area contributed by atoms with E-state index in [1.807, 2.05) is 0 Å². The molecule has 0 spiro atoms. The zero-order valence-corrected chi connectivity index (χ0v) is 9.45. The fourth-order valence-corrected chi connectivity index (χ4v) is 2.71. The highest BCUT2D eigenvalue weighted by Crippen LogP contribution is 2.28. The van der Waals surface area contributed by atoms with Gasteiger partial charge in [0.15, 0.2) is 0 Å². The summed E-state index contributed by atoms with van der Waals surface area (Å²) in [6, 6.07) is 0.475. The van der Waals surface area contributed by atoms with E-state index in [9.17, 15) is 5.11 Å². The van der Waals surface area contributed by atoms with Crippen molar-refractivity contribution < 1.29 is 9.84 Å². The summed E-state index contributed by atoms with van der Waals surface area (Å²) in [4.78, 5) is 0. The van der Waals surface area contributed by atoms with Gasteiger partial charge in [0.25, 0.3) is 0 Å². The molecule has 1 aliphatic carbocycles. The highest BCUT2D eigenvalue weighted by atomic mass is 16.5. The molecular formula is C12H23NO2. The molecule has 15 heavy (non-hydrogen) atoms. The van der Waals surface area contributed by atoms with Crippen LogP contribution in [0, 0.1) is 5.92 Å². The molecule has 2 N–H and O–H groups in total. The first-order chi connectivity index (χ1) is 7.34. The van der Waals surface area contributed by atoms with Gasteiger partial charge in [-0.3, -0.25) is 0 Å². The Morgan fingerprint density at radius 3 is 2.73 bits per heavy atom. The first-order valence-corrected chi connectivity index (χ1v) is 6.34. The van der Waals surface area contributed by atoms with Crippen LogP contribution in [0.1, 0.15) is 38.5 Å².